The van der Waals surface area contributed by atoms with Crippen LogP contribution >= 0.6 is 0 Å². The first-order valence-corrected chi connectivity index (χ1v) is 4.14. The maximum absolute atomic E-state index is 11.5. The molecule has 0 spiro atoms. The summed E-state index contributed by atoms with van der Waals surface area (Å²) in [7, 11) is 0. The molecule has 0 unspecified atom stereocenters. The van der Waals surface area contributed by atoms with Crippen LogP contribution in [0.1, 0.15) is 16.1 Å². The molecule has 0 N–H and O–H groups in total. The van der Waals surface area contributed by atoms with Gasteiger partial charge in [-0.15, -0.1) is 0 Å². The summed E-state index contributed by atoms with van der Waals surface area (Å²) >= 11 is 0. The molecule has 80 valence electrons. The molecule has 1 aliphatic rings. The summed E-state index contributed by atoms with van der Waals surface area (Å²) in [6.07, 6.45) is 1.22. The van der Waals surface area contributed by atoms with E-state index in [0.29, 0.717) is 0 Å². The number of nitro groups is 1. The smallest absolute Gasteiger partial charge is 0.866 e. The van der Waals surface area contributed by atoms with Gasteiger partial charge in [-0.1, -0.05) is 0 Å². The molecule has 0 atom stereocenters. The van der Waals surface area contributed by atoms with E-state index >= 15 is 0 Å². The number of nitrogens with zero attached hydrogens (tertiary/aromatic N) is 2. The number of fused-ring (bicyclic) bond motifs is 1. The second-order valence-electron chi connectivity index (χ2n) is 2.99. The molecule has 0 saturated carbocycles. The van der Waals surface area contributed by atoms with E-state index in [2.05, 4.69) is 4.98 Å². The summed E-state index contributed by atoms with van der Waals surface area (Å²) in [5.41, 5.74) is -1.78. The molecule has 8 heteroatoms. The fourth-order valence-corrected chi connectivity index (χ4v) is 1.38. The molecule has 1 aromatic heterocycles. The Balaban J connectivity index is 0.00000144. The SMILES string of the molecule is O=C1C(=O)c2cccnc2C([O-])=C1[N+](=O)[O-].[Na+]. The molecule has 0 saturated heterocycles. The van der Waals surface area contributed by atoms with Gasteiger partial charge in [0.15, 0.2) is 0 Å². The number of carbonyl (C=O) groups is 2. The Labute approximate surface area is 117 Å². The number of ketones is 2. The van der Waals surface area contributed by atoms with Gasteiger partial charge in [-0.2, -0.15) is 0 Å². The van der Waals surface area contributed by atoms with Crippen molar-refractivity contribution < 1.29 is 49.2 Å². The molecule has 0 aliphatic heterocycles. The number of hydrogen-bond donors (Lipinski definition) is 0. The van der Waals surface area contributed by atoms with Crippen molar-refractivity contribution in [2.45, 2.75) is 0 Å². The summed E-state index contributed by atoms with van der Waals surface area (Å²) in [5, 5.41) is 22.0. The summed E-state index contributed by atoms with van der Waals surface area (Å²) in [6.45, 7) is 0. The molecule has 0 amide bonds. The van der Waals surface area contributed by atoms with Gasteiger partial charge in [0.25, 0.3) is 0 Å². The van der Waals surface area contributed by atoms with Gasteiger partial charge in [0.1, 0.15) is 0 Å². The molecule has 7 nitrogen and oxygen atoms in total. The molecule has 1 aromatic rings. The topological polar surface area (TPSA) is 113 Å². The average molecular weight is 242 g/mol. The van der Waals surface area contributed by atoms with Crippen LogP contribution in [-0.2, 0) is 4.79 Å². The maximum Gasteiger partial charge on any atom is 1.00 e. The van der Waals surface area contributed by atoms with Crippen LogP contribution in [0.15, 0.2) is 24.0 Å². The number of allylic oxidation sites excluding steroid dienone is 1. The van der Waals surface area contributed by atoms with Gasteiger partial charge in [0.05, 0.1) is 16.2 Å². The van der Waals surface area contributed by atoms with E-state index in [1.165, 1.54) is 18.3 Å². The van der Waals surface area contributed by atoms with Crippen LogP contribution in [0.2, 0.25) is 0 Å². The molecular formula is C9H3N2NaO5. The Hall–Kier alpha value is -1.57. The largest absolute Gasteiger partial charge is 1.00 e. The van der Waals surface area contributed by atoms with Gasteiger partial charge in [-0.05, 0) is 12.1 Å². The van der Waals surface area contributed by atoms with E-state index in [0.717, 1.165) is 0 Å². The minimum atomic E-state index is -1.39. The molecule has 2 rings (SSSR count). The van der Waals surface area contributed by atoms with E-state index in [9.17, 15) is 24.8 Å². The quantitative estimate of drug-likeness (QED) is 0.215. The molecule has 0 fully saturated rings. The van der Waals surface area contributed by atoms with E-state index in [4.69, 9.17) is 0 Å². The number of aromatic nitrogens is 1. The van der Waals surface area contributed by atoms with Crippen LogP contribution in [0.4, 0.5) is 0 Å². The zero-order valence-electron chi connectivity index (χ0n) is 8.67. The average Bonchev–Trinajstić information content (AvgIpc) is 2.26. The normalized spacial score (nSPS) is 14.1. The zero-order valence-corrected chi connectivity index (χ0v) is 10.7. The number of pyridine rings is 1. The number of rotatable bonds is 1. The fraction of sp³-hybridized carbons (Fsp3) is 0. The third-order valence-corrected chi connectivity index (χ3v) is 2.09. The Morgan fingerprint density at radius 2 is 1.88 bits per heavy atom. The summed E-state index contributed by atoms with van der Waals surface area (Å²) in [4.78, 5) is 35.6. The van der Waals surface area contributed by atoms with Gasteiger partial charge in [-0.3, -0.25) is 24.7 Å². The molecule has 1 aliphatic carbocycles. The summed E-state index contributed by atoms with van der Waals surface area (Å²) in [6, 6.07) is 2.60. The van der Waals surface area contributed by atoms with Crippen molar-refractivity contribution in [3.8, 4) is 0 Å². The van der Waals surface area contributed by atoms with Crippen molar-refractivity contribution in [1.82, 2.24) is 4.98 Å². The standard InChI is InChI=1S/C9H4N2O5.Na/c12-7-4-2-1-3-10-5(4)8(13)6(9(7)14)11(15)16;/h1-3,13H;/q;+1/p-1. The first-order valence-electron chi connectivity index (χ1n) is 4.14. The van der Waals surface area contributed by atoms with Crippen molar-refractivity contribution >= 4 is 17.3 Å². The number of Topliss-reactive ketones (excluding diaryl/α,β-unsaturated/α-hetero) is 2. The summed E-state index contributed by atoms with van der Waals surface area (Å²) < 4.78 is 0. The molecular weight excluding hydrogens is 239 g/mol. The minimum absolute atomic E-state index is 0. The first-order chi connectivity index (χ1) is 7.54. The van der Waals surface area contributed by atoms with E-state index < -0.39 is 27.9 Å². The molecule has 17 heavy (non-hydrogen) atoms. The van der Waals surface area contributed by atoms with E-state index in [-0.39, 0.29) is 40.8 Å². The van der Waals surface area contributed by atoms with Gasteiger partial charge < -0.3 is 5.11 Å². The van der Waals surface area contributed by atoms with Crippen LogP contribution in [0.25, 0.3) is 5.76 Å². The van der Waals surface area contributed by atoms with Gasteiger partial charge >= 0.3 is 41.0 Å². The Kier molecular flexibility index (Phi) is 3.76. The van der Waals surface area contributed by atoms with Gasteiger partial charge in [0, 0.05) is 12.0 Å². The monoisotopic (exact) mass is 242 g/mol. The van der Waals surface area contributed by atoms with Crippen molar-refractivity contribution in [3.63, 3.8) is 0 Å². The first kappa shape index (κ1) is 13.5. The Morgan fingerprint density at radius 3 is 2.47 bits per heavy atom. The van der Waals surface area contributed by atoms with Crippen molar-refractivity contribution in [1.29, 1.82) is 0 Å². The van der Waals surface area contributed by atoms with Crippen LogP contribution < -0.4 is 34.7 Å². The second kappa shape index (κ2) is 4.74. The van der Waals surface area contributed by atoms with Crippen LogP contribution in [-0.4, -0.2) is 21.5 Å². The summed E-state index contributed by atoms with van der Waals surface area (Å²) in [5.74, 6) is -3.59. The number of hydrogen-bond acceptors (Lipinski definition) is 6. The van der Waals surface area contributed by atoms with Gasteiger partial charge in [0.2, 0.25) is 5.78 Å². The fourth-order valence-electron chi connectivity index (χ4n) is 1.38. The third kappa shape index (κ3) is 1.99. The van der Waals surface area contributed by atoms with Crippen LogP contribution in [0.3, 0.4) is 0 Å². The Morgan fingerprint density at radius 1 is 1.24 bits per heavy atom. The third-order valence-electron chi connectivity index (χ3n) is 2.09. The van der Waals surface area contributed by atoms with Crippen molar-refractivity contribution in [2.75, 3.05) is 0 Å². The van der Waals surface area contributed by atoms with Gasteiger partial charge in [-0.25, -0.2) is 0 Å². The van der Waals surface area contributed by atoms with E-state index in [1.807, 2.05) is 0 Å². The second-order valence-corrected chi connectivity index (χ2v) is 2.99. The van der Waals surface area contributed by atoms with Crippen LogP contribution in [0.5, 0.6) is 0 Å². The van der Waals surface area contributed by atoms with Crippen LogP contribution in [0, 0.1) is 10.1 Å². The molecule has 0 bridgehead atoms. The predicted molar refractivity (Wildman–Crippen MR) is 47.5 cm³/mol. The zero-order chi connectivity index (χ0) is 11.9. The van der Waals surface area contributed by atoms with Crippen molar-refractivity contribution in [2.24, 2.45) is 0 Å². The van der Waals surface area contributed by atoms with Crippen molar-refractivity contribution in [3.05, 3.63) is 45.4 Å². The minimum Gasteiger partial charge on any atom is -0.866 e. The molecule has 0 radical (unpaired) electrons. The maximum atomic E-state index is 11.5. The number of carbonyl (C=O) groups excluding carboxylic acids is 2. The predicted octanol–water partition coefficient (Wildman–Crippen LogP) is -3.84. The molecule has 0 aromatic carbocycles. The Bertz CT molecular complexity index is 566. The molecule has 1 heterocycles. The van der Waals surface area contributed by atoms with E-state index in [1.54, 1.807) is 0 Å².